The molecule has 35 heavy (non-hydrogen) atoms. The number of alkyl halides is 1. The number of nitrogens with one attached hydrogen (secondary N) is 2. The minimum Gasteiger partial charge on any atom is -0.432 e. The number of hydrogen-bond acceptors (Lipinski definition) is 9. The van der Waals surface area contributed by atoms with Crippen molar-refractivity contribution in [1.82, 2.24) is 19.5 Å². The molecule has 3 heterocycles. The summed E-state index contributed by atoms with van der Waals surface area (Å²) in [6.07, 6.45) is -3.28. The number of imidazole rings is 1. The molecule has 1 amide bonds. The molecular formula is C23H27FN6O5. The van der Waals surface area contributed by atoms with Crippen molar-refractivity contribution >= 4 is 34.8 Å². The zero-order valence-corrected chi connectivity index (χ0v) is 19.7. The Labute approximate surface area is 200 Å². The van der Waals surface area contributed by atoms with Crippen LogP contribution in [0, 0.1) is 5.92 Å². The maximum absolute atomic E-state index is 15.7. The van der Waals surface area contributed by atoms with Crippen LogP contribution in [0.4, 0.5) is 16.2 Å². The largest absolute Gasteiger partial charge is 0.432 e. The summed E-state index contributed by atoms with van der Waals surface area (Å²) in [7, 11) is 1.62. The summed E-state index contributed by atoms with van der Waals surface area (Å²) in [5.41, 5.74) is -1.09. The molecule has 2 aromatic heterocycles. The third-order valence-corrected chi connectivity index (χ3v) is 5.66. The molecule has 4 atom stereocenters. The number of amides is 1. The molecular weight excluding hydrogens is 459 g/mol. The molecule has 3 aromatic rings. The molecule has 1 saturated heterocycles. The number of aromatic nitrogens is 4. The van der Waals surface area contributed by atoms with Crippen molar-refractivity contribution in [2.75, 3.05) is 17.7 Å². The number of nitrogens with zero attached hydrogens (tertiary/aromatic N) is 4. The van der Waals surface area contributed by atoms with Gasteiger partial charge in [-0.05, 0) is 12.5 Å². The minimum absolute atomic E-state index is 0.0218. The summed E-state index contributed by atoms with van der Waals surface area (Å²) in [4.78, 5) is 37.4. The monoisotopic (exact) mass is 486 g/mol. The molecule has 0 unspecified atom stereocenters. The lowest BCUT2D eigenvalue weighted by Crippen LogP contribution is -2.41. The molecule has 4 rings (SSSR count). The Morgan fingerprint density at radius 1 is 1.29 bits per heavy atom. The van der Waals surface area contributed by atoms with E-state index in [-0.39, 0.29) is 23.9 Å². The molecule has 0 radical (unpaired) electrons. The first-order chi connectivity index (χ1) is 16.6. The number of fused-ring (bicyclic) bond motifs is 1. The van der Waals surface area contributed by atoms with Crippen LogP contribution in [0.3, 0.4) is 0 Å². The second-order valence-corrected chi connectivity index (χ2v) is 8.72. The molecule has 0 spiro atoms. The van der Waals surface area contributed by atoms with Crippen LogP contribution in [-0.2, 0) is 25.5 Å². The van der Waals surface area contributed by atoms with Gasteiger partial charge in [-0.25, -0.2) is 9.37 Å². The van der Waals surface area contributed by atoms with E-state index in [4.69, 9.17) is 9.47 Å². The van der Waals surface area contributed by atoms with Crippen molar-refractivity contribution in [1.29, 1.82) is 0 Å². The zero-order chi connectivity index (χ0) is 25.3. The summed E-state index contributed by atoms with van der Waals surface area (Å²) < 4.78 is 27.7. The van der Waals surface area contributed by atoms with E-state index < -0.39 is 36.2 Å². The van der Waals surface area contributed by atoms with E-state index in [0.717, 1.165) is 12.5 Å². The number of ether oxygens (including phenoxy) is 2. The number of hydrogen-bond donors (Lipinski definition) is 3. The molecule has 3 N–H and O–H groups in total. The molecule has 1 aliphatic rings. The first-order valence-corrected chi connectivity index (χ1v) is 11.1. The summed E-state index contributed by atoms with van der Waals surface area (Å²) in [6, 6.07) is 9.17. The van der Waals surface area contributed by atoms with Crippen LogP contribution >= 0.6 is 0 Å². The fraction of sp³-hybridized carbons (Fsp3) is 0.435. The average molecular weight is 487 g/mol. The first-order valence-electron chi connectivity index (χ1n) is 11.1. The van der Waals surface area contributed by atoms with Crippen molar-refractivity contribution < 1.29 is 28.6 Å². The highest BCUT2D eigenvalue weighted by Gasteiger charge is 2.57. The Kier molecular flexibility index (Phi) is 6.68. The van der Waals surface area contributed by atoms with E-state index in [2.05, 4.69) is 25.6 Å². The van der Waals surface area contributed by atoms with Gasteiger partial charge in [-0.3, -0.25) is 19.5 Å². The van der Waals surface area contributed by atoms with Gasteiger partial charge in [-0.15, -0.1) is 0 Å². The van der Waals surface area contributed by atoms with Crippen LogP contribution in [0.25, 0.3) is 11.2 Å². The van der Waals surface area contributed by atoms with Gasteiger partial charge in [0.25, 0.3) is 0 Å². The van der Waals surface area contributed by atoms with Gasteiger partial charge in [0, 0.05) is 7.05 Å². The summed E-state index contributed by atoms with van der Waals surface area (Å²) in [5, 5.41) is 16.0. The van der Waals surface area contributed by atoms with Gasteiger partial charge in [0.1, 0.15) is 0 Å². The Morgan fingerprint density at radius 2 is 2.00 bits per heavy atom. The second-order valence-electron chi connectivity index (χ2n) is 8.72. The van der Waals surface area contributed by atoms with Crippen molar-refractivity contribution in [3.05, 3.63) is 42.2 Å². The fourth-order valence-electron chi connectivity index (χ4n) is 3.70. The van der Waals surface area contributed by atoms with Gasteiger partial charge in [-0.2, -0.15) is 9.97 Å². The van der Waals surface area contributed by atoms with Gasteiger partial charge >= 0.3 is 5.97 Å². The highest BCUT2D eigenvalue weighted by atomic mass is 19.1. The van der Waals surface area contributed by atoms with Gasteiger partial charge in [0.2, 0.25) is 18.1 Å². The first kappa shape index (κ1) is 24.5. The smallest absolute Gasteiger partial charge is 0.310 e. The fourth-order valence-corrected chi connectivity index (χ4v) is 3.70. The summed E-state index contributed by atoms with van der Waals surface area (Å²) in [6.45, 7) is 4.37. The van der Waals surface area contributed by atoms with E-state index in [1.165, 1.54) is 10.9 Å². The van der Waals surface area contributed by atoms with Gasteiger partial charge in [0.15, 0.2) is 35.0 Å². The zero-order valence-electron chi connectivity index (χ0n) is 19.7. The van der Waals surface area contributed by atoms with Crippen LogP contribution in [0.15, 0.2) is 36.7 Å². The van der Waals surface area contributed by atoms with Gasteiger partial charge < -0.3 is 19.9 Å². The average Bonchev–Trinajstić information content (AvgIpc) is 3.32. The maximum Gasteiger partial charge on any atom is 0.310 e. The normalized spacial score (nSPS) is 24.0. The highest BCUT2D eigenvalue weighted by molar-refractivity contribution is 5.92. The Bertz CT molecular complexity index is 1230. The standard InChI is InChI=1S/C23H27FN6O5/c1-12(2)19(33)34-20-16(32)23(3,24)21(35-20)30-11-26-15-17(25-4)28-22(29-18(15)30)27-14(31)10-13-8-6-5-7-9-13/h5-9,11-12,16,20-21,32H,10H2,1-4H3,(H2,25,27,28,29,31)/t16-,20+,21-,23-/m1/s1. The second kappa shape index (κ2) is 9.55. The van der Waals surface area contributed by atoms with Crippen molar-refractivity contribution in [2.45, 2.75) is 51.5 Å². The van der Waals surface area contributed by atoms with E-state index in [1.807, 2.05) is 30.3 Å². The number of benzene rings is 1. The van der Waals surface area contributed by atoms with E-state index in [0.29, 0.717) is 11.3 Å². The highest BCUT2D eigenvalue weighted by Crippen LogP contribution is 2.43. The maximum atomic E-state index is 15.7. The Hall–Kier alpha value is -3.64. The predicted octanol–water partition coefficient (Wildman–Crippen LogP) is 2.19. The topological polar surface area (TPSA) is 140 Å². The Morgan fingerprint density at radius 3 is 2.66 bits per heavy atom. The number of anilines is 2. The molecule has 12 heteroatoms. The van der Waals surface area contributed by atoms with Crippen LogP contribution in [0.5, 0.6) is 0 Å². The third kappa shape index (κ3) is 4.80. The van der Waals surface area contributed by atoms with E-state index in [1.54, 1.807) is 20.9 Å². The molecule has 0 saturated carbocycles. The number of rotatable bonds is 7. The number of carbonyl (C=O) groups excluding carboxylic acids is 2. The number of halogens is 1. The molecule has 0 aliphatic carbocycles. The van der Waals surface area contributed by atoms with Crippen molar-refractivity contribution in [3.63, 3.8) is 0 Å². The van der Waals surface area contributed by atoms with Crippen LogP contribution < -0.4 is 10.6 Å². The SMILES string of the molecule is CNc1nc(NC(=O)Cc2ccccc2)nc2c1ncn2[C@@H]1O[C@H](OC(=O)C(C)C)[C@@H](O)[C@@]1(C)F. The van der Waals surface area contributed by atoms with Gasteiger partial charge in [-0.1, -0.05) is 44.2 Å². The lowest BCUT2D eigenvalue weighted by Gasteiger charge is -2.24. The number of carbonyl (C=O) groups is 2. The molecule has 186 valence electrons. The van der Waals surface area contributed by atoms with Gasteiger partial charge in [0.05, 0.1) is 18.7 Å². The van der Waals surface area contributed by atoms with E-state index >= 15 is 4.39 Å². The van der Waals surface area contributed by atoms with Crippen LogP contribution in [0.1, 0.15) is 32.6 Å². The van der Waals surface area contributed by atoms with Crippen molar-refractivity contribution in [2.24, 2.45) is 5.92 Å². The summed E-state index contributed by atoms with van der Waals surface area (Å²) >= 11 is 0. The quantitative estimate of drug-likeness (QED) is 0.429. The van der Waals surface area contributed by atoms with Crippen molar-refractivity contribution in [3.8, 4) is 0 Å². The Balaban J connectivity index is 1.64. The minimum atomic E-state index is -2.35. The van der Waals surface area contributed by atoms with Crippen LogP contribution in [0.2, 0.25) is 0 Å². The third-order valence-electron chi connectivity index (χ3n) is 5.66. The molecule has 1 aliphatic heterocycles. The summed E-state index contributed by atoms with van der Waals surface area (Å²) in [5.74, 6) is -1.19. The van der Waals surface area contributed by atoms with Crippen LogP contribution in [-0.4, -0.2) is 61.6 Å². The molecule has 1 aromatic carbocycles. The molecule has 11 nitrogen and oxygen atoms in total. The predicted molar refractivity (Wildman–Crippen MR) is 124 cm³/mol. The molecule has 0 bridgehead atoms. The number of aliphatic hydroxyl groups is 1. The number of aliphatic hydroxyl groups excluding tert-OH is 1. The molecule has 1 fully saturated rings. The lowest BCUT2D eigenvalue weighted by molar-refractivity contribution is -0.196. The number of esters is 1. The lowest BCUT2D eigenvalue weighted by atomic mass is 10.0. The van der Waals surface area contributed by atoms with E-state index in [9.17, 15) is 14.7 Å².